The first-order valence-electron chi connectivity index (χ1n) is 7.97. The number of carbonyl (C=O) groups excluding carboxylic acids is 2. The van der Waals surface area contributed by atoms with Crippen molar-refractivity contribution in [2.45, 2.75) is 32.9 Å². The maximum atomic E-state index is 12.3. The molecule has 0 aliphatic rings. The lowest BCUT2D eigenvalue weighted by Gasteiger charge is -2.20. The SMILES string of the molecule is CC(C)(C)OC(=O)Nc1c(Cl)cc(C(=O)NCc2ccccc2)cc1Br. The van der Waals surface area contributed by atoms with Crippen LogP contribution in [0.25, 0.3) is 0 Å². The predicted molar refractivity (Wildman–Crippen MR) is 107 cm³/mol. The number of hydrogen-bond acceptors (Lipinski definition) is 3. The van der Waals surface area contributed by atoms with Crippen LogP contribution in [0.2, 0.25) is 5.02 Å². The molecule has 5 nitrogen and oxygen atoms in total. The van der Waals surface area contributed by atoms with E-state index in [1.54, 1.807) is 26.8 Å². The molecule has 0 aliphatic heterocycles. The first-order chi connectivity index (χ1) is 12.2. The van der Waals surface area contributed by atoms with E-state index >= 15 is 0 Å². The highest BCUT2D eigenvalue weighted by Crippen LogP contribution is 2.32. The summed E-state index contributed by atoms with van der Waals surface area (Å²) < 4.78 is 5.69. The highest BCUT2D eigenvalue weighted by Gasteiger charge is 2.19. The lowest BCUT2D eigenvalue weighted by molar-refractivity contribution is 0.0635. The fourth-order valence-corrected chi connectivity index (χ4v) is 3.05. The number of halogens is 2. The van der Waals surface area contributed by atoms with E-state index in [1.165, 1.54) is 6.07 Å². The number of benzene rings is 2. The van der Waals surface area contributed by atoms with E-state index in [0.717, 1.165) is 5.56 Å². The van der Waals surface area contributed by atoms with Gasteiger partial charge in [0.05, 0.1) is 10.7 Å². The van der Waals surface area contributed by atoms with E-state index in [2.05, 4.69) is 26.6 Å². The Labute approximate surface area is 166 Å². The van der Waals surface area contributed by atoms with Crippen molar-refractivity contribution in [1.82, 2.24) is 5.32 Å². The van der Waals surface area contributed by atoms with Crippen molar-refractivity contribution in [1.29, 1.82) is 0 Å². The second-order valence-corrected chi connectivity index (χ2v) is 7.87. The molecule has 2 aromatic carbocycles. The summed E-state index contributed by atoms with van der Waals surface area (Å²) in [6.45, 7) is 5.71. The van der Waals surface area contributed by atoms with Gasteiger partial charge in [0.1, 0.15) is 5.60 Å². The number of anilines is 1. The molecule has 0 saturated heterocycles. The molecule has 2 amide bonds. The van der Waals surface area contributed by atoms with Crippen molar-refractivity contribution >= 4 is 45.2 Å². The van der Waals surface area contributed by atoms with Crippen LogP contribution in [0.1, 0.15) is 36.7 Å². The van der Waals surface area contributed by atoms with Crippen molar-refractivity contribution < 1.29 is 14.3 Å². The molecule has 0 atom stereocenters. The van der Waals surface area contributed by atoms with Crippen LogP contribution in [0.3, 0.4) is 0 Å². The monoisotopic (exact) mass is 438 g/mol. The van der Waals surface area contributed by atoms with Gasteiger partial charge in [-0.05, 0) is 54.4 Å². The molecule has 0 aromatic heterocycles. The third kappa shape index (κ3) is 6.04. The average molecular weight is 440 g/mol. The van der Waals surface area contributed by atoms with Gasteiger partial charge in [-0.3, -0.25) is 10.1 Å². The number of ether oxygens (including phenoxy) is 1. The van der Waals surface area contributed by atoms with Crippen LogP contribution in [0.5, 0.6) is 0 Å². The minimum Gasteiger partial charge on any atom is -0.444 e. The van der Waals surface area contributed by atoms with Gasteiger partial charge < -0.3 is 10.1 Å². The Morgan fingerprint density at radius 2 is 1.81 bits per heavy atom. The second-order valence-electron chi connectivity index (χ2n) is 6.61. The molecule has 2 N–H and O–H groups in total. The van der Waals surface area contributed by atoms with Gasteiger partial charge in [0.15, 0.2) is 0 Å². The molecule has 0 aliphatic carbocycles. The summed E-state index contributed by atoms with van der Waals surface area (Å²) in [7, 11) is 0. The summed E-state index contributed by atoms with van der Waals surface area (Å²) in [5.74, 6) is -0.264. The quantitative estimate of drug-likeness (QED) is 0.672. The van der Waals surface area contributed by atoms with Crippen LogP contribution in [0.15, 0.2) is 46.9 Å². The Hall–Kier alpha value is -2.05. The van der Waals surface area contributed by atoms with E-state index < -0.39 is 11.7 Å². The minimum absolute atomic E-state index is 0.232. The number of hydrogen-bond donors (Lipinski definition) is 2. The Morgan fingerprint density at radius 3 is 2.38 bits per heavy atom. The van der Waals surface area contributed by atoms with Gasteiger partial charge >= 0.3 is 6.09 Å². The van der Waals surface area contributed by atoms with Crippen molar-refractivity contribution in [2.24, 2.45) is 0 Å². The van der Waals surface area contributed by atoms with Crippen LogP contribution >= 0.6 is 27.5 Å². The summed E-state index contributed by atoms with van der Waals surface area (Å²) in [6, 6.07) is 12.7. The first kappa shape index (κ1) is 20.3. The number of rotatable bonds is 4. The van der Waals surface area contributed by atoms with Gasteiger partial charge in [-0.15, -0.1) is 0 Å². The molecule has 2 aromatic rings. The van der Waals surface area contributed by atoms with Crippen molar-refractivity contribution in [2.75, 3.05) is 5.32 Å². The summed E-state index contributed by atoms with van der Waals surface area (Å²) in [4.78, 5) is 24.3. The van der Waals surface area contributed by atoms with Gasteiger partial charge in [0, 0.05) is 16.6 Å². The maximum absolute atomic E-state index is 12.3. The standard InChI is InChI=1S/C19H20BrClN2O3/c1-19(2,3)26-18(25)23-16-14(20)9-13(10-15(16)21)17(24)22-11-12-7-5-4-6-8-12/h4-10H,11H2,1-3H3,(H,22,24)(H,23,25). The highest BCUT2D eigenvalue weighted by molar-refractivity contribution is 9.10. The maximum Gasteiger partial charge on any atom is 0.412 e. The van der Waals surface area contributed by atoms with Crippen molar-refractivity contribution in [3.05, 3.63) is 63.1 Å². The van der Waals surface area contributed by atoms with Crippen LogP contribution in [-0.2, 0) is 11.3 Å². The van der Waals surface area contributed by atoms with Gasteiger partial charge in [-0.25, -0.2) is 4.79 Å². The lowest BCUT2D eigenvalue weighted by atomic mass is 10.1. The van der Waals surface area contributed by atoms with Gasteiger partial charge in [-0.2, -0.15) is 0 Å². The van der Waals surface area contributed by atoms with Crippen LogP contribution in [-0.4, -0.2) is 17.6 Å². The summed E-state index contributed by atoms with van der Waals surface area (Å²) in [5, 5.41) is 5.65. The van der Waals surface area contributed by atoms with Crippen LogP contribution in [0.4, 0.5) is 10.5 Å². The Balaban J connectivity index is 2.08. The lowest BCUT2D eigenvalue weighted by Crippen LogP contribution is -2.27. The normalized spacial score (nSPS) is 11.0. The van der Waals surface area contributed by atoms with Crippen LogP contribution < -0.4 is 10.6 Å². The molecule has 7 heteroatoms. The second kappa shape index (κ2) is 8.56. The molecule has 138 valence electrons. The molecular weight excluding hydrogens is 420 g/mol. The molecule has 0 spiro atoms. The number of amides is 2. The minimum atomic E-state index is -0.625. The first-order valence-corrected chi connectivity index (χ1v) is 9.14. The van der Waals surface area contributed by atoms with Gasteiger partial charge in [0.25, 0.3) is 5.91 Å². The van der Waals surface area contributed by atoms with E-state index in [1.807, 2.05) is 30.3 Å². The Kier molecular flexibility index (Phi) is 6.67. The van der Waals surface area contributed by atoms with Gasteiger partial charge in [-0.1, -0.05) is 41.9 Å². The highest BCUT2D eigenvalue weighted by atomic mass is 79.9. The Morgan fingerprint density at radius 1 is 1.15 bits per heavy atom. The molecule has 26 heavy (non-hydrogen) atoms. The molecule has 0 heterocycles. The molecular formula is C19H20BrClN2O3. The zero-order valence-electron chi connectivity index (χ0n) is 14.7. The molecule has 0 saturated carbocycles. The molecule has 0 bridgehead atoms. The van der Waals surface area contributed by atoms with Gasteiger partial charge in [0.2, 0.25) is 0 Å². The smallest absolute Gasteiger partial charge is 0.412 e. The summed E-state index contributed by atoms with van der Waals surface area (Å²) in [5.41, 5.74) is 1.10. The molecule has 2 rings (SSSR count). The fourth-order valence-electron chi connectivity index (χ4n) is 2.11. The van der Waals surface area contributed by atoms with Crippen LogP contribution in [0, 0.1) is 0 Å². The average Bonchev–Trinajstić information content (AvgIpc) is 2.55. The summed E-state index contributed by atoms with van der Waals surface area (Å²) in [6.07, 6.45) is -0.624. The predicted octanol–water partition coefficient (Wildman–Crippen LogP) is 5.38. The van der Waals surface area contributed by atoms with E-state index in [-0.39, 0.29) is 10.9 Å². The summed E-state index contributed by atoms with van der Waals surface area (Å²) >= 11 is 9.57. The zero-order chi connectivity index (χ0) is 19.3. The molecule has 0 radical (unpaired) electrons. The molecule has 0 fully saturated rings. The largest absolute Gasteiger partial charge is 0.444 e. The van der Waals surface area contributed by atoms with Crippen molar-refractivity contribution in [3.8, 4) is 0 Å². The van der Waals surface area contributed by atoms with Crippen molar-refractivity contribution in [3.63, 3.8) is 0 Å². The molecule has 0 unspecified atom stereocenters. The topological polar surface area (TPSA) is 67.4 Å². The fraction of sp³-hybridized carbons (Fsp3) is 0.263. The number of carbonyl (C=O) groups is 2. The Bertz CT molecular complexity index is 781. The zero-order valence-corrected chi connectivity index (χ0v) is 17.1. The third-order valence-corrected chi connectivity index (χ3v) is 4.15. The van der Waals surface area contributed by atoms with E-state index in [9.17, 15) is 9.59 Å². The third-order valence-electron chi connectivity index (χ3n) is 3.23. The number of nitrogens with one attached hydrogen (secondary N) is 2. The van der Waals surface area contributed by atoms with E-state index in [0.29, 0.717) is 22.3 Å². The van der Waals surface area contributed by atoms with E-state index in [4.69, 9.17) is 16.3 Å².